The number of ketones is 1. The fourth-order valence-corrected chi connectivity index (χ4v) is 6.71. The van der Waals surface area contributed by atoms with Crippen LogP contribution in [0.2, 0.25) is 0 Å². The van der Waals surface area contributed by atoms with Gasteiger partial charge in [-0.15, -0.1) is 0 Å². The van der Waals surface area contributed by atoms with Crippen molar-refractivity contribution in [2.75, 3.05) is 64.4 Å². The van der Waals surface area contributed by atoms with Crippen molar-refractivity contribution in [1.29, 1.82) is 0 Å². The second-order valence-corrected chi connectivity index (χ2v) is 16.0. The average Bonchev–Trinajstić information content (AvgIpc) is 3.16. The van der Waals surface area contributed by atoms with Crippen molar-refractivity contribution in [3.05, 3.63) is 95.1 Å². The lowest BCUT2D eigenvalue weighted by atomic mass is 10.0. The molecule has 2 unspecified atom stereocenters. The van der Waals surface area contributed by atoms with Crippen LogP contribution in [0.25, 0.3) is 0 Å². The first-order valence-electron chi connectivity index (χ1n) is 18.4. The Bertz CT molecular complexity index is 1830. The molecule has 3 aromatic rings. The number of anilines is 2. The predicted octanol–water partition coefficient (Wildman–Crippen LogP) is 1.00. The number of carbonyl (C=O) groups is 4. The summed E-state index contributed by atoms with van der Waals surface area (Å²) < 4.78 is 29.4. The standard InChI is InChI=1S/C39H55N9O6S/c1-28(49)16-18-47-20-22-48(23-21-47)19-17-37(50)43-34-14-10-30(11-15-34)25-36(45-55(53,54)46(2)3)39(52)44-35(24-29-8-12-33(41)13-9-29)38(51)42-27-32-6-4-31(26-40)5-7-32/h4-15,35-36,45H,16-27,40-41H2,1-3H3,(H,42,51)(H,43,50)(H,44,52). The van der Waals surface area contributed by atoms with Gasteiger partial charge in [0.25, 0.3) is 10.2 Å². The van der Waals surface area contributed by atoms with E-state index in [9.17, 15) is 27.6 Å². The minimum Gasteiger partial charge on any atom is -0.399 e. The first kappa shape index (κ1) is 43.0. The fraction of sp³-hybridized carbons (Fsp3) is 0.436. The Hall–Kier alpha value is -4.71. The van der Waals surface area contributed by atoms with Gasteiger partial charge in [-0.1, -0.05) is 48.5 Å². The van der Waals surface area contributed by atoms with Crippen molar-refractivity contribution in [1.82, 2.24) is 29.5 Å². The van der Waals surface area contributed by atoms with Gasteiger partial charge in [0.1, 0.15) is 17.9 Å². The second-order valence-electron chi connectivity index (χ2n) is 14.0. The SMILES string of the molecule is CC(=O)CCN1CCN(CCC(=O)Nc2ccc(CC(NS(=O)(=O)N(C)C)C(=O)NC(Cc3ccc(N)cc3)C(=O)NCc3ccc(CN)cc3)cc2)CC1. The van der Waals surface area contributed by atoms with Crippen LogP contribution in [0.15, 0.2) is 72.8 Å². The molecule has 0 saturated carbocycles. The number of benzene rings is 3. The summed E-state index contributed by atoms with van der Waals surface area (Å²) in [4.78, 5) is 56.0. The summed E-state index contributed by atoms with van der Waals surface area (Å²) in [6, 6.07) is 18.9. The molecule has 3 amide bonds. The quantitative estimate of drug-likeness (QED) is 0.0897. The summed E-state index contributed by atoms with van der Waals surface area (Å²) in [6.45, 7) is 6.98. The summed E-state index contributed by atoms with van der Waals surface area (Å²) in [5, 5.41) is 8.57. The normalized spacial score (nSPS) is 14.9. The van der Waals surface area contributed by atoms with Crippen molar-refractivity contribution in [2.45, 2.75) is 57.8 Å². The van der Waals surface area contributed by atoms with E-state index in [1.54, 1.807) is 55.5 Å². The number of Topliss-reactive ketones (excluding diaryl/α,β-unsaturated/α-hetero) is 1. The first-order valence-corrected chi connectivity index (χ1v) is 19.9. The summed E-state index contributed by atoms with van der Waals surface area (Å²) >= 11 is 0. The van der Waals surface area contributed by atoms with Gasteiger partial charge < -0.3 is 37.2 Å². The van der Waals surface area contributed by atoms with E-state index >= 15 is 0 Å². The Morgan fingerprint density at radius 1 is 0.727 bits per heavy atom. The van der Waals surface area contributed by atoms with E-state index in [0.717, 1.165) is 53.7 Å². The van der Waals surface area contributed by atoms with Gasteiger partial charge in [-0.3, -0.25) is 19.2 Å². The molecule has 1 fully saturated rings. The zero-order valence-electron chi connectivity index (χ0n) is 31.9. The summed E-state index contributed by atoms with van der Waals surface area (Å²) in [7, 11) is -1.36. The Kier molecular flexibility index (Phi) is 16.3. The number of hydrogen-bond acceptors (Lipinski definition) is 10. The molecule has 0 bridgehead atoms. The number of hydrogen-bond donors (Lipinski definition) is 6. The van der Waals surface area contributed by atoms with Crippen LogP contribution in [0, 0.1) is 0 Å². The maximum Gasteiger partial charge on any atom is 0.279 e. The van der Waals surface area contributed by atoms with E-state index in [4.69, 9.17) is 11.5 Å². The van der Waals surface area contributed by atoms with E-state index in [1.165, 1.54) is 14.1 Å². The molecule has 8 N–H and O–H groups in total. The Balaban J connectivity index is 1.39. The molecular weight excluding hydrogens is 723 g/mol. The summed E-state index contributed by atoms with van der Waals surface area (Å²) in [5.41, 5.74) is 15.8. The van der Waals surface area contributed by atoms with Crippen molar-refractivity contribution in [2.24, 2.45) is 5.73 Å². The van der Waals surface area contributed by atoms with E-state index in [1.807, 2.05) is 24.3 Å². The largest absolute Gasteiger partial charge is 0.399 e. The molecule has 0 aliphatic carbocycles. The van der Waals surface area contributed by atoms with Crippen LogP contribution < -0.4 is 32.1 Å². The molecule has 4 rings (SSSR count). The van der Waals surface area contributed by atoms with Gasteiger partial charge >= 0.3 is 0 Å². The zero-order valence-corrected chi connectivity index (χ0v) is 32.7. The lowest BCUT2D eigenvalue weighted by Crippen LogP contribution is -2.56. The molecule has 1 aliphatic heterocycles. The van der Waals surface area contributed by atoms with Gasteiger partial charge in [0, 0.05) is 97.1 Å². The predicted molar refractivity (Wildman–Crippen MR) is 214 cm³/mol. The van der Waals surface area contributed by atoms with Crippen LogP contribution in [-0.2, 0) is 55.3 Å². The Labute approximate surface area is 324 Å². The highest BCUT2D eigenvalue weighted by atomic mass is 32.2. The van der Waals surface area contributed by atoms with Crippen LogP contribution in [-0.4, -0.2) is 111 Å². The van der Waals surface area contributed by atoms with Crippen LogP contribution in [0.1, 0.15) is 42.0 Å². The smallest absolute Gasteiger partial charge is 0.279 e. The third-order valence-corrected chi connectivity index (χ3v) is 11.0. The van der Waals surface area contributed by atoms with Crippen LogP contribution in [0.3, 0.4) is 0 Å². The Morgan fingerprint density at radius 3 is 1.78 bits per heavy atom. The van der Waals surface area contributed by atoms with Crippen molar-refractivity contribution < 1.29 is 27.6 Å². The van der Waals surface area contributed by atoms with Crippen molar-refractivity contribution in [3.8, 4) is 0 Å². The van der Waals surface area contributed by atoms with Crippen LogP contribution in [0.4, 0.5) is 11.4 Å². The van der Waals surface area contributed by atoms with Gasteiger partial charge in [-0.2, -0.15) is 17.4 Å². The lowest BCUT2D eigenvalue weighted by molar-refractivity contribution is -0.129. The molecular formula is C39H55N9O6S. The maximum atomic E-state index is 13.9. The number of rotatable bonds is 20. The van der Waals surface area contributed by atoms with Gasteiger partial charge in [-0.05, 0) is 59.9 Å². The highest BCUT2D eigenvalue weighted by molar-refractivity contribution is 7.87. The molecule has 0 spiro atoms. The third-order valence-electron chi connectivity index (χ3n) is 9.44. The van der Waals surface area contributed by atoms with E-state index in [0.29, 0.717) is 42.9 Å². The first-order chi connectivity index (χ1) is 26.2. The van der Waals surface area contributed by atoms with Crippen molar-refractivity contribution >= 4 is 45.1 Å². The minimum absolute atomic E-state index is 0.0325. The molecule has 1 saturated heterocycles. The molecule has 15 nitrogen and oxygen atoms in total. The minimum atomic E-state index is -4.06. The van der Waals surface area contributed by atoms with Gasteiger partial charge in [0.05, 0.1) is 0 Å². The average molecular weight is 778 g/mol. The number of amides is 3. The maximum absolute atomic E-state index is 13.9. The molecule has 0 radical (unpaired) electrons. The molecule has 298 valence electrons. The summed E-state index contributed by atoms with van der Waals surface area (Å²) in [5.74, 6) is -1.09. The van der Waals surface area contributed by atoms with Crippen molar-refractivity contribution in [3.63, 3.8) is 0 Å². The molecule has 2 atom stereocenters. The van der Waals surface area contributed by atoms with E-state index in [2.05, 4.69) is 30.5 Å². The number of carbonyl (C=O) groups excluding carboxylic acids is 4. The molecule has 3 aromatic carbocycles. The molecule has 0 aromatic heterocycles. The molecule has 16 heteroatoms. The summed E-state index contributed by atoms with van der Waals surface area (Å²) in [6.07, 6.45) is 0.964. The third kappa shape index (κ3) is 14.5. The second kappa shape index (κ2) is 20.8. The topological polar surface area (TPSA) is 212 Å². The van der Waals surface area contributed by atoms with Gasteiger partial charge in [-0.25, -0.2) is 0 Å². The molecule has 1 heterocycles. The number of nitrogens with two attached hydrogens (primary N) is 2. The molecule has 55 heavy (non-hydrogen) atoms. The number of nitrogens with one attached hydrogen (secondary N) is 4. The van der Waals surface area contributed by atoms with Gasteiger partial charge in [0.15, 0.2) is 0 Å². The number of nitrogens with zero attached hydrogens (tertiary/aromatic N) is 3. The highest BCUT2D eigenvalue weighted by Crippen LogP contribution is 2.15. The van der Waals surface area contributed by atoms with E-state index in [-0.39, 0.29) is 31.1 Å². The van der Waals surface area contributed by atoms with Gasteiger partial charge in [0.2, 0.25) is 17.7 Å². The number of nitrogen functional groups attached to an aromatic ring is 1. The Morgan fingerprint density at radius 2 is 1.24 bits per heavy atom. The number of piperazine rings is 1. The van der Waals surface area contributed by atoms with Crippen LogP contribution in [0.5, 0.6) is 0 Å². The molecule has 1 aliphatic rings. The monoisotopic (exact) mass is 777 g/mol. The zero-order chi connectivity index (χ0) is 40.0. The van der Waals surface area contributed by atoms with Crippen LogP contribution >= 0.6 is 0 Å². The fourth-order valence-electron chi connectivity index (χ4n) is 5.94. The van der Waals surface area contributed by atoms with E-state index < -0.39 is 34.1 Å². The lowest BCUT2D eigenvalue weighted by Gasteiger charge is -2.34. The highest BCUT2D eigenvalue weighted by Gasteiger charge is 2.30.